The van der Waals surface area contributed by atoms with Gasteiger partial charge in [-0.1, -0.05) is 11.6 Å². The fraction of sp³-hybridized carbons (Fsp3) is 0.440. The van der Waals surface area contributed by atoms with Gasteiger partial charge in [-0.25, -0.2) is 4.39 Å². The Morgan fingerprint density at radius 1 is 1.12 bits per heavy atom. The highest BCUT2D eigenvalue weighted by molar-refractivity contribution is 6.37. The van der Waals surface area contributed by atoms with Crippen molar-refractivity contribution in [1.29, 1.82) is 0 Å². The third-order valence-electron chi connectivity index (χ3n) is 6.78. The number of aromatic nitrogens is 4. The molecule has 0 radical (unpaired) electrons. The minimum Gasteiger partial charge on any atom is -0.368 e. The van der Waals surface area contributed by atoms with E-state index in [0.717, 1.165) is 41.6 Å². The standard InChI is InChI=1S/C25H29ClFN7/c1-14-10-33(11-15(2)28-14)19-8-20(26)23-22(9-19)34(12-16-4-5-16)31-25(23)29-18-6-17-13-32(3)30-24(17)21(27)7-18/h6-9,13-16,28H,4-5,10-12H2,1-3H3,(H,29,31)/t14-,15-/m1/s1. The van der Waals surface area contributed by atoms with Gasteiger partial charge in [0.05, 0.1) is 15.9 Å². The van der Waals surface area contributed by atoms with Crippen LogP contribution in [0.2, 0.25) is 5.02 Å². The van der Waals surface area contributed by atoms with Crippen LogP contribution in [0.1, 0.15) is 26.7 Å². The minimum absolute atomic E-state index is 0.360. The van der Waals surface area contributed by atoms with Crippen molar-refractivity contribution in [3.05, 3.63) is 41.3 Å². The molecule has 0 bridgehead atoms. The molecule has 7 nitrogen and oxygen atoms in total. The summed E-state index contributed by atoms with van der Waals surface area (Å²) in [4.78, 5) is 2.39. The van der Waals surface area contributed by atoms with Crippen LogP contribution in [0.4, 0.5) is 21.6 Å². The van der Waals surface area contributed by atoms with Gasteiger partial charge in [-0.2, -0.15) is 10.2 Å². The lowest BCUT2D eigenvalue weighted by Gasteiger charge is -2.37. The first kappa shape index (κ1) is 21.7. The Kier molecular flexibility index (Phi) is 5.18. The molecule has 1 saturated carbocycles. The molecule has 34 heavy (non-hydrogen) atoms. The molecule has 2 fully saturated rings. The number of hydrogen-bond donors (Lipinski definition) is 2. The van der Waals surface area contributed by atoms with E-state index in [1.165, 1.54) is 18.9 Å². The monoisotopic (exact) mass is 481 g/mol. The molecule has 2 aromatic carbocycles. The molecule has 1 aliphatic heterocycles. The van der Waals surface area contributed by atoms with Crippen molar-refractivity contribution in [3.8, 4) is 0 Å². The van der Waals surface area contributed by atoms with Crippen molar-refractivity contribution < 1.29 is 4.39 Å². The predicted molar refractivity (Wildman–Crippen MR) is 136 cm³/mol. The molecule has 3 heterocycles. The topological polar surface area (TPSA) is 62.9 Å². The molecular weight excluding hydrogens is 453 g/mol. The minimum atomic E-state index is -0.363. The Hall–Kier alpha value is -2.84. The van der Waals surface area contributed by atoms with Crippen LogP contribution in [-0.2, 0) is 13.6 Å². The van der Waals surface area contributed by atoms with E-state index >= 15 is 0 Å². The Bertz CT molecular complexity index is 1380. The van der Waals surface area contributed by atoms with Crippen LogP contribution < -0.4 is 15.5 Å². The maximum Gasteiger partial charge on any atom is 0.161 e. The van der Waals surface area contributed by atoms with E-state index in [4.69, 9.17) is 16.7 Å². The van der Waals surface area contributed by atoms with Crippen LogP contribution in [0.15, 0.2) is 30.5 Å². The zero-order valence-corrected chi connectivity index (χ0v) is 20.4. The van der Waals surface area contributed by atoms with Crippen LogP contribution in [0.5, 0.6) is 0 Å². The molecule has 2 aromatic heterocycles. The number of hydrogen-bond acceptors (Lipinski definition) is 5. The lowest BCUT2D eigenvalue weighted by molar-refractivity contribution is 0.407. The third-order valence-corrected chi connectivity index (χ3v) is 7.08. The number of fused-ring (bicyclic) bond motifs is 2. The fourth-order valence-electron chi connectivity index (χ4n) is 5.15. The van der Waals surface area contributed by atoms with Crippen LogP contribution in [-0.4, -0.2) is 44.7 Å². The molecule has 1 saturated heterocycles. The van der Waals surface area contributed by atoms with E-state index in [1.807, 2.05) is 18.3 Å². The second-order valence-electron chi connectivity index (χ2n) is 9.99. The van der Waals surface area contributed by atoms with Crippen LogP contribution in [0.3, 0.4) is 0 Å². The lowest BCUT2D eigenvalue weighted by Crippen LogP contribution is -2.54. The van der Waals surface area contributed by atoms with Crippen molar-refractivity contribution in [2.45, 2.75) is 45.3 Å². The van der Waals surface area contributed by atoms with Crippen LogP contribution in [0.25, 0.3) is 21.8 Å². The zero-order chi connectivity index (χ0) is 23.6. The first-order chi connectivity index (χ1) is 16.3. The van der Waals surface area contributed by atoms with Crippen molar-refractivity contribution in [3.63, 3.8) is 0 Å². The Labute approximate surface area is 202 Å². The molecule has 0 spiro atoms. The molecule has 2 N–H and O–H groups in total. The average molecular weight is 482 g/mol. The largest absolute Gasteiger partial charge is 0.368 e. The summed E-state index contributed by atoms with van der Waals surface area (Å²) in [5.74, 6) is 0.941. The SMILES string of the molecule is C[C@@H]1CN(c2cc(Cl)c3c(Nc4cc(F)c5nn(C)cc5c4)nn(CC4CC4)c3c2)C[C@@H](C)N1. The van der Waals surface area contributed by atoms with Gasteiger partial charge in [0.15, 0.2) is 11.6 Å². The second-order valence-corrected chi connectivity index (χ2v) is 10.4. The van der Waals surface area contributed by atoms with E-state index in [2.05, 4.69) is 45.2 Å². The highest BCUT2D eigenvalue weighted by atomic mass is 35.5. The Morgan fingerprint density at radius 2 is 1.88 bits per heavy atom. The maximum absolute atomic E-state index is 14.7. The number of halogens is 2. The van der Waals surface area contributed by atoms with E-state index < -0.39 is 0 Å². The Morgan fingerprint density at radius 3 is 2.62 bits per heavy atom. The summed E-state index contributed by atoms with van der Waals surface area (Å²) in [6.07, 6.45) is 4.27. The molecule has 6 rings (SSSR count). The van der Waals surface area contributed by atoms with Crippen molar-refractivity contribution in [2.75, 3.05) is 23.3 Å². The average Bonchev–Trinajstić information content (AvgIpc) is 3.40. The van der Waals surface area contributed by atoms with Gasteiger partial charge >= 0.3 is 0 Å². The van der Waals surface area contributed by atoms with Gasteiger partial charge in [-0.05, 0) is 56.9 Å². The van der Waals surface area contributed by atoms with Crippen molar-refractivity contribution in [2.24, 2.45) is 13.0 Å². The molecule has 2 aliphatic rings. The van der Waals surface area contributed by atoms with Crippen molar-refractivity contribution in [1.82, 2.24) is 24.9 Å². The Balaban J connectivity index is 1.42. The van der Waals surface area contributed by atoms with Gasteiger partial charge in [-0.3, -0.25) is 9.36 Å². The highest BCUT2D eigenvalue weighted by Crippen LogP contribution is 2.39. The first-order valence-electron chi connectivity index (χ1n) is 11.9. The molecule has 0 amide bonds. The quantitative estimate of drug-likeness (QED) is 0.417. The van der Waals surface area contributed by atoms with Gasteiger partial charge in [0, 0.05) is 61.7 Å². The fourth-order valence-corrected chi connectivity index (χ4v) is 5.45. The smallest absolute Gasteiger partial charge is 0.161 e. The summed E-state index contributed by atoms with van der Waals surface area (Å²) >= 11 is 6.90. The summed E-state index contributed by atoms with van der Waals surface area (Å²) in [7, 11) is 1.79. The molecule has 2 atom stereocenters. The summed E-state index contributed by atoms with van der Waals surface area (Å²) in [6, 6.07) is 8.41. The van der Waals surface area contributed by atoms with Crippen LogP contribution in [0, 0.1) is 11.7 Å². The summed E-state index contributed by atoms with van der Waals surface area (Å²) in [5.41, 5.74) is 3.11. The normalized spacial score (nSPS) is 21.0. The maximum atomic E-state index is 14.7. The van der Waals surface area contributed by atoms with Crippen LogP contribution >= 0.6 is 11.6 Å². The van der Waals surface area contributed by atoms with E-state index in [0.29, 0.717) is 40.0 Å². The molecule has 9 heteroatoms. The predicted octanol–water partition coefficient (Wildman–Crippen LogP) is 5.06. The number of aryl methyl sites for hydroxylation is 1. The van der Waals surface area contributed by atoms with Gasteiger partial charge in [0.1, 0.15) is 5.52 Å². The van der Waals surface area contributed by atoms with Gasteiger partial charge in [0.25, 0.3) is 0 Å². The van der Waals surface area contributed by atoms with Gasteiger partial charge < -0.3 is 15.5 Å². The molecule has 0 unspecified atom stereocenters. The third kappa shape index (κ3) is 3.99. The summed E-state index contributed by atoms with van der Waals surface area (Å²) < 4.78 is 18.4. The van der Waals surface area contributed by atoms with E-state index in [9.17, 15) is 4.39 Å². The first-order valence-corrected chi connectivity index (χ1v) is 12.3. The second kappa shape index (κ2) is 8.13. The van der Waals surface area contributed by atoms with E-state index in [-0.39, 0.29) is 5.82 Å². The number of benzene rings is 2. The number of nitrogens with zero attached hydrogens (tertiary/aromatic N) is 5. The van der Waals surface area contributed by atoms with Gasteiger partial charge in [0.2, 0.25) is 0 Å². The number of nitrogens with one attached hydrogen (secondary N) is 2. The molecule has 1 aliphatic carbocycles. The summed E-state index contributed by atoms with van der Waals surface area (Å²) in [5, 5.41) is 18.3. The molecule has 178 valence electrons. The number of anilines is 3. The van der Waals surface area contributed by atoms with Crippen molar-refractivity contribution >= 4 is 50.6 Å². The van der Waals surface area contributed by atoms with Gasteiger partial charge in [-0.15, -0.1) is 0 Å². The molecular formula is C25H29ClFN7. The number of rotatable bonds is 5. The lowest BCUT2D eigenvalue weighted by atomic mass is 10.1. The highest BCUT2D eigenvalue weighted by Gasteiger charge is 2.27. The number of piperazine rings is 1. The zero-order valence-electron chi connectivity index (χ0n) is 19.6. The molecule has 4 aromatic rings. The van der Waals surface area contributed by atoms with E-state index in [1.54, 1.807) is 11.7 Å². The summed E-state index contributed by atoms with van der Waals surface area (Å²) in [6.45, 7) is 7.14.